The molecule has 1 fully saturated rings. The number of hydrogen-bond donors (Lipinski definition) is 4. The second kappa shape index (κ2) is 5.95. The topological polar surface area (TPSA) is 126 Å². The van der Waals surface area contributed by atoms with Gasteiger partial charge in [-0.15, -0.1) is 0 Å². The van der Waals surface area contributed by atoms with Crippen LogP contribution in [0.5, 0.6) is 0 Å². The molecule has 4 N–H and O–H groups in total. The molecule has 8 nitrogen and oxygen atoms in total. The first-order valence-corrected chi connectivity index (χ1v) is 5.84. The maximum Gasteiger partial charge on any atom is 0.331 e. The summed E-state index contributed by atoms with van der Waals surface area (Å²) in [5.74, 6) is -0.484. The summed E-state index contributed by atoms with van der Waals surface area (Å²) in [7, 11) is 0. The average molecular weight is 276 g/mol. The number of esters is 1. The van der Waals surface area contributed by atoms with E-state index >= 15 is 0 Å². The molecule has 2 rings (SSSR count). The van der Waals surface area contributed by atoms with Crippen molar-refractivity contribution in [2.45, 2.75) is 36.8 Å². The number of rotatable bonds is 4. The van der Waals surface area contributed by atoms with Crippen molar-refractivity contribution in [1.29, 1.82) is 0 Å². The molecule has 2 aliphatic rings. The van der Waals surface area contributed by atoms with Crippen molar-refractivity contribution in [2.75, 3.05) is 13.2 Å². The van der Waals surface area contributed by atoms with Gasteiger partial charge in [0.25, 0.3) is 0 Å². The maximum absolute atomic E-state index is 10.8. The number of aliphatic hydroxyl groups excluding tert-OH is 4. The first-order valence-electron chi connectivity index (χ1n) is 5.84. The highest BCUT2D eigenvalue weighted by Gasteiger charge is 2.44. The summed E-state index contributed by atoms with van der Waals surface area (Å²) in [5, 5.41) is 37.8. The third-order valence-corrected chi connectivity index (χ3v) is 2.99. The van der Waals surface area contributed by atoms with Crippen LogP contribution in [-0.4, -0.2) is 76.4 Å². The lowest BCUT2D eigenvalue weighted by Gasteiger charge is -2.39. The zero-order valence-corrected chi connectivity index (χ0v) is 9.95. The van der Waals surface area contributed by atoms with Gasteiger partial charge in [0.05, 0.1) is 13.2 Å². The minimum absolute atomic E-state index is 0.0646. The number of carbonyl (C=O) groups is 1. The Bertz CT molecular complexity index is 355. The van der Waals surface area contributed by atoms with E-state index in [1.807, 2.05) is 0 Å². The van der Waals surface area contributed by atoms with Gasteiger partial charge in [0.15, 0.2) is 6.29 Å². The molecule has 0 bridgehead atoms. The minimum atomic E-state index is -1.49. The molecule has 19 heavy (non-hydrogen) atoms. The van der Waals surface area contributed by atoms with Crippen LogP contribution in [0.15, 0.2) is 12.2 Å². The summed E-state index contributed by atoms with van der Waals surface area (Å²) in [5.41, 5.74) is 0. The van der Waals surface area contributed by atoms with E-state index in [0.29, 0.717) is 0 Å². The van der Waals surface area contributed by atoms with Crippen LogP contribution < -0.4 is 0 Å². The van der Waals surface area contributed by atoms with Gasteiger partial charge in [-0.3, -0.25) is 0 Å². The Morgan fingerprint density at radius 3 is 2.53 bits per heavy atom. The molecule has 2 heterocycles. The zero-order valence-electron chi connectivity index (χ0n) is 9.95. The Balaban J connectivity index is 1.88. The van der Waals surface area contributed by atoms with E-state index in [-0.39, 0.29) is 6.61 Å². The second-order valence-electron chi connectivity index (χ2n) is 4.37. The van der Waals surface area contributed by atoms with E-state index in [1.165, 1.54) is 12.2 Å². The molecule has 8 heteroatoms. The summed E-state index contributed by atoms with van der Waals surface area (Å²) < 4.78 is 15.1. The van der Waals surface area contributed by atoms with Crippen LogP contribution in [0.1, 0.15) is 0 Å². The van der Waals surface area contributed by atoms with E-state index in [2.05, 4.69) is 0 Å². The van der Waals surface area contributed by atoms with Crippen molar-refractivity contribution < 1.29 is 39.4 Å². The van der Waals surface area contributed by atoms with Crippen molar-refractivity contribution in [3.8, 4) is 0 Å². The van der Waals surface area contributed by atoms with Gasteiger partial charge in [-0.05, 0) is 6.08 Å². The van der Waals surface area contributed by atoms with Crippen molar-refractivity contribution in [2.24, 2.45) is 0 Å². The fourth-order valence-electron chi connectivity index (χ4n) is 1.90. The van der Waals surface area contributed by atoms with Crippen LogP contribution in [-0.2, 0) is 19.0 Å². The maximum atomic E-state index is 10.8. The molecule has 6 atom stereocenters. The van der Waals surface area contributed by atoms with Gasteiger partial charge >= 0.3 is 5.97 Å². The number of cyclic esters (lactones) is 1. The Morgan fingerprint density at radius 2 is 1.95 bits per heavy atom. The third kappa shape index (κ3) is 3.11. The van der Waals surface area contributed by atoms with Crippen LogP contribution in [0.4, 0.5) is 0 Å². The van der Waals surface area contributed by atoms with Gasteiger partial charge in [0.2, 0.25) is 0 Å². The van der Waals surface area contributed by atoms with Crippen molar-refractivity contribution in [3.05, 3.63) is 12.2 Å². The normalized spacial score (nSPS) is 42.4. The number of hydrogen-bond acceptors (Lipinski definition) is 8. The van der Waals surface area contributed by atoms with Crippen LogP contribution in [0, 0.1) is 0 Å². The molecule has 0 radical (unpaired) electrons. The summed E-state index contributed by atoms with van der Waals surface area (Å²) >= 11 is 0. The summed E-state index contributed by atoms with van der Waals surface area (Å²) in [4.78, 5) is 10.8. The largest absolute Gasteiger partial charge is 0.452 e. The number of carbonyl (C=O) groups excluding carboxylic acids is 1. The van der Waals surface area contributed by atoms with Gasteiger partial charge < -0.3 is 34.6 Å². The first-order chi connectivity index (χ1) is 9.02. The zero-order chi connectivity index (χ0) is 14.0. The quantitative estimate of drug-likeness (QED) is 0.408. The summed E-state index contributed by atoms with van der Waals surface area (Å²) in [6, 6.07) is 0. The van der Waals surface area contributed by atoms with E-state index < -0.39 is 49.4 Å². The Kier molecular flexibility index (Phi) is 4.50. The standard InChI is InChI=1S/C11H16O8/c12-3-6-8(14)9(15)10(16)11(19-6)17-4-5-1-2-7(13)18-5/h1-2,5-6,8-12,14-16H,3-4H2/t5-,6+,8-,9-,10-,11-/m1/s1. The van der Waals surface area contributed by atoms with E-state index in [0.717, 1.165) is 0 Å². The molecule has 0 spiro atoms. The molecule has 108 valence electrons. The van der Waals surface area contributed by atoms with Crippen molar-refractivity contribution >= 4 is 5.97 Å². The molecule has 2 aliphatic heterocycles. The molecule has 0 aromatic heterocycles. The molecular weight excluding hydrogens is 260 g/mol. The average Bonchev–Trinajstić information content (AvgIpc) is 2.81. The fraction of sp³-hybridized carbons (Fsp3) is 0.727. The van der Waals surface area contributed by atoms with Crippen LogP contribution >= 0.6 is 0 Å². The third-order valence-electron chi connectivity index (χ3n) is 2.99. The Morgan fingerprint density at radius 1 is 1.21 bits per heavy atom. The van der Waals surface area contributed by atoms with Gasteiger partial charge in [-0.1, -0.05) is 0 Å². The molecule has 0 saturated carbocycles. The van der Waals surface area contributed by atoms with Gasteiger partial charge in [-0.2, -0.15) is 0 Å². The van der Waals surface area contributed by atoms with Gasteiger partial charge in [0.1, 0.15) is 30.5 Å². The highest BCUT2D eigenvalue weighted by molar-refractivity contribution is 5.84. The smallest absolute Gasteiger partial charge is 0.331 e. The summed E-state index contributed by atoms with van der Waals surface area (Å²) in [6.45, 7) is -0.589. The molecule has 0 aliphatic carbocycles. The monoisotopic (exact) mass is 276 g/mol. The van der Waals surface area contributed by atoms with Crippen LogP contribution in [0.2, 0.25) is 0 Å². The summed E-state index contributed by atoms with van der Waals surface area (Å²) in [6.07, 6.45) is -4.46. The predicted octanol–water partition coefficient (Wildman–Crippen LogP) is -2.72. The van der Waals surface area contributed by atoms with Crippen LogP contribution in [0.3, 0.4) is 0 Å². The van der Waals surface area contributed by atoms with E-state index in [9.17, 15) is 20.1 Å². The SMILES string of the molecule is O=C1C=C[C@H](CO[C@@H]2O[C@@H](CO)[C@@H](O)[C@@H](O)[C@H]2O)O1. The first kappa shape index (κ1) is 14.4. The Labute approximate surface area is 108 Å². The van der Waals surface area contributed by atoms with Gasteiger partial charge in [-0.25, -0.2) is 4.79 Å². The number of ether oxygens (including phenoxy) is 3. The second-order valence-corrected chi connectivity index (χ2v) is 4.37. The molecular formula is C11H16O8. The van der Waals surface area contributed by atoms with Gasteiger partial charge in [0, 0.05) is 6.08 Å². The van der Waals surface area contributed by atoms with E-state index in [1.54, 1.807) is 0 Å². The number of aliphatic hydroxyl groups is 4. The molecule has 0 unspecified atom stereocenters. The van der Waals surface area contributed by atoms with Crippen molar-refractivity contribution in [3.63, 3.8) is 0 Å². The predicted molar refractivity (Wildman–Crippen MR) is 58.7 cm³/mol. The molecule has 0 aromatic carbocycles. The fourth-order valence-corrected chi connectivity index (χ4v) is 1.90. The van der Waals surface area contributed by atoms with E-state index in [4.69, 9.17) is 19.3 Å². The molecule has 0 amide bonds. The highest BCUT2D eigenvalue weighted by Crippen LogP contribution is 2.22. The lowest BCUT2D eigenvalue weighted by atomic mass is 9.99. The minimum Gasteiger partial charge on any atom is -0.452 e. The van der Waals surface area contributed by atoms with Crippen LogP contribution in [0.25, 0.3) is 0 Å². The lowest BCUT2D eigenvalue weighted by Crippen LogP contribution is -2.59. The Hall–Kier alpha value is -1.03. The molecule has 1 saturated heterocycles. The van der Waals surface area contributed by atoms with Crippen molar-refractivity contribution in [1.82, 2.24) is 0 Å². The molecule has 0 aromatic rings. The lowest BCUT2D eigenvalue weighted by molar-refractivity contribution is -0.303. The highest BCUT2D eigenvalue weighted by atomic mass is 16.7.